The van der Waals surface area contributed by atoms with E-state index >= 15 is 0 Å². The molecule has 124 valence electrons. The van der Waals surface area contributed by atoms with Crippen LogP contribution in [0.4, 0.5) is 0 Å². The van der Waals surface area contributed by atoms with Crippen molar-refractivity contribution in [2.75, 3.05) is 6.26 Å². The quantitative estimate of drug-likeness (QED) is 0.495. The van der Waals surface area contributed by atoms with Crippen LogP contribution in [0.15, 0.2) is 41.8 Å². The molecule has 0 saturated heterocycles. The number of carbonyl (C=O) groups is 2. The zero-order valence-electron chi connectivity index (χ0n) is 13.7. The summed E-state index contributed by atoms with van der Waals surface area (Å²) in [5, 5.41) is 12.6. The summed E-state index contributed by atoms with van der Waals surface area (Å²) in [5.41, 5.74) is 1.07. The van der Waals surface area contributed by atoms with Gasteiger partial charge in [0.2, 0.25) is 5.91 Å². The predicted molar refractivity (Wildman–Crippen MR) is 92.1 cm³/mol. The Kier molecular flexibility index (Phi) is 5.77. The fourth-order valence-electron chi connectivity index (χ4n) is 2.22. The molecule has 1 aromatic heterocycles. The largest absolute Gasteiger partial charge is 0.352 e. The fraction of sp³-hybridized carbons (Fsp3) is 0.294. The van der Waals surface area contributed by atoms with Crippen molar-refractivity contribution in [1.82, 2.24) is 14.9 Å². The molecule has 6 nitrogen and oxygen atoms in total. The van der Waals surface area contributed by atoms with Crippen molar-refractivity contribution in [2.24, 2.45) is 5.92 Å². The number of carbonyl (C=O) groups excluding carboxylic acids is 2. The van der Waals surface area contributed by atoms with Gasteiger partial charge in [-0.25, -0.2) is 4.98 Å². The molecule has 2 aromatic rings. The molecule has 0 spiro atoms. The molecule has 1 aromatic carbocycles. The Bertz CT molecular complexity index is 792. The number of hydrogen-bond acceptors (Lipinski definition) is 5. The van der Waals surface area contributed by atoms with Crippen LogP contribution in [0.5, 0.6) is 0 Å². The maximum absolute atomic E-state index is 12.6. The summed E-state index contributed by atoms with van der Waals surface area (Å²) >= 11 is 1.48. The highest BCUT2D eigenvalue weighted by molar-refractivity contribution is 7.98. The Morgan fingerprint density at radius 2 is 2.12 bits per heavy atom. The minimum Gasteiger partial charge on any atom is -0.352 e. The van der Waals surface area contributed by atoms with Crippen molar-refractivity contribution in [3.63, 3.8) is 0 Å². The van der Waals surface area contributed by atoms with Gasteiger partial charge in [0.15, 0.2) is 16.9 Å². The second kappa shape index (κ2) is 7.79. The lowest BCUT2D eigenvalue weighted by molar-refractivity contribution is -0.122. The SMILES string of the molecule is CSc1nccn1-c1cccc(C(=O)C(C#N)C(=O)NC(C)C)c1. The van der Waals surface area contributed by atoms with E-state index in [1.165, 1.54) is 11.8 Å². The molecule has 1 heterocycles. The molecule has 1 amide bonds. The van der Waals surface area contributed by atoms with E-state index in [9.17, 15) is 14.9 Å². The van der Waals surface area contributed by atoms with Crippen molar-refractivity contribution < 1.29 is 9.59 Å². The van der Waals surface area contributed by atoms with Crippen LogP contribution in [0.25, 0.3) is 5.69 Å². The molecule has 2 rings (SSSR count). The van der Waals surface area contributed by atoms with Gasteiger partial charge in [0.25, 0.3) is 0 Å². The molecule has 24 heavy (non-hydrogen) atoms. The van der Waals surface area contributed by atoms with Crippen LogP contribution in [0.1, 0.15) is 24.2 Å². The molecule has 0 bridgehead atoms. The summed E-state index contributed by atoms with van der Waals surface area (Å²) in [6.07, 6.45) is 5.38. The molecular formula is C17H18N4O2S. The third-order valence-corrected chi connectivity index (χ3v) is 3.95. The molecular weight excluding hydrogens is 324 g/mol. The molecule has 0 aliphatic carbocycles. The van der Waals surface area contributed by atoms with Gasteiger partial charge in [-0.05, 0) is 32.2 Å². The first-order valence-electron chi connectivity index (χ1n) is 7.40. The highest BCUT2D eigenvalue weighted by Crippen LogP contribution is 2.20. The number of thioether (sulfide) groups is 1. The number of imidazole rings is 1. The van der Waals surface area contributed by atoms with Gasteiger partial charge in [0.05, 0.1) is 6.07 Å². The highest BCUT2D eigenvalue weighted by Gasteiger charge is 2.28. The molecule has 1 N–H and O–H groups in total. The zero-order chi connectivity index (χ0) is 17.7. The number of nitrogens with zero attached hydrogens (tertiary/aromatic N) is 3. The smallest absolute Gasteiger partial charge is 0.245 e. The van der Waals surface area contributed by atoms with Crippen LogP contribution >= 0.6 is 11.8 Å². The lowest BCUT2D eigenvalue weighted by Crippen LogP contribution is -2.38. The number of rotatable bonds is 6. The molecule has 0 fully saturated rings. The summed E-state index contributed by atoms with van der Waals surface area (Å²) in [4.78, 5) is 28.8. The van der Waals surface area contributed by atoms with E-state index < -0.39 is 17.6 Å². The third-order valence-electron chi connectivity index (χ3n) is 3.28. The Balaban J connectivity index is 2.32. The fourth-order valence-corrected chi connectivity index (χ4v) is 2.75. The second-order valence-corrected chi connectivity index (χ2v) is 6.20. The van der Waals surface area contributed by atoms with Crippen LogP contribution in [0.2, 0.25) is 0 Å². The van der Waals surface area contributed by atoms with E-state index in [0.717, 1.165) is 10.8 Å². The van der Waals surface area contributed by atoms with Crippen molar-refractivity contribution in [3.8, 4) is 11.8 Å². The minimum absolute atomic E-state index is 0.137. The number of nitrogens with one attached hydrogen (secondary N) is 1. The van der Waals surface area contributed by atoms with Crippen LogP contribution in [0.3, 0.4) is 0 Å². The summed E-state index contributed by atoms with van der Waals surface area (Å²) in [5.74, 6) is -2.44. The summed E-state index contributed by atoms with van der Waals surface area (Å²) in [6, 6.07) is 8.49. The standard InChI is InChI=1S/C17H18N4O2S/c1-11(2)20-16(23)14(10-18)15(22)12-5-4-6-13(9-12)21-8-7-19-17(21)24-3/h4-9,11,14H,1-3H3,(H,20,23). The second-order valence-electron chi connectivity index (χ2n) is 5.42. The first kappa shape index (κ1) is 17.8. The van der Waals surface area contributed by atoms with Gasteiger partial charge in [-0.3, -0.25) is 14.2 Å². The number of aromatic nitrogens is 2. The Morgan fingerprint density at radius 3 is 2.75 bits per heavy atom. The maximum Gasteiger partial charge on any atom is 0.245 e. The van der Waals surface area contributed by atoms with E-state index in [-0.39, 0.29) is 6.04 Å². The molecule has 7 heteroatoms. The number of Topliss-reactive ketones (excluding diaryl/α,β-unsaturated/α-hetero) is 1. The van der Waals surface area contributed by atoms with Crippen molar-refractivity contribution in [1.29, 1.82) is 5.26 Å². The highest BCUT2D eigenvalue weighted by atomic mass is 32.2. The summed E-state index contributed by atoms with van der Waals surface area (Å²) in [7, 11) is 0. The molecule has 0 aliphatic rings. The average Bonchev–Trinajstić information content (AvgIpc) is 3.03. The molecule has 1 unspecified atom stereocenters. The van der Waals surface area contributed by atoms with E-state index in [0.29, 0.717) is 5.56 Å². The maximum atomic E-state index is 12.6. The van der Waals surface area contributed by atoms with Gasteiger partial charge in [-0.2, -0.15) is 5.26 Å². The third kappa shape index (κ3) is 3.84. The first-order valence-corrected chi connectivity index (χ1v) is 8.62. The van der Waals surface area contributed by atoms with Gasteiger partial charge in [0.1, 0.15) is 0 Å². The summed E-state index contributed by atoms with van der Waals surface area (Å²) in [6.45, 7) is 3.56. The Morgan fingerprint density at radius 1 is 1.38 bits per heavy atom. The molecule has 0 saturated carbocycles. The van der Waals surface area contributed by atoms with E-state index in [2.05, 4.69) is 10.3 Å². The number of nitriles is 1. The van der Waals surface area contributed by atoms with Gasteiger partial charge in [0, 0.05) is 29.7 Å². The Hall–Kier alpha value is -2.59. The summed E-state index contributed by atoms with van der Waals surface area (Å²) < 4.78 is 1.84. The normalized spacial score (nSPS) is 11.8. The van der Waals surface area contributed by atoms with E-state index in [1.54, 1.807) is 50.5 Å². The lowest BCUT2D eigenvalue weighted by atomic mass is 9.97. The van der Waals surface area contributed by atoms with Crippen LogP contribution in [-0.2, 0) is 4.79 Å². The minimum atomic E-state index is -1.36. The van der Waals surface area contributed by atoms with Crippen molar-refractivity contribution in [2.45, 2.75) is 25.0 Å². The van der Waals surface area contributed by atoms with Crippen molar-refractivity contribution in [3.05, 3.63) is 42.2 Å². The van der Waals surface area contributed by atoms with Crippen LogP contribution in [0, 0.1) is 17.2 Å². The average molecular weight is 342 g/mol. The predicted octanol–water partition coefficient (Wildman–Crippen LogP) is 2.44. The topological polar surface area (TPSA) is 87.8 Å². The zero-order valence-corrected chi connectivity index (χ0v) is 14.5. The van der Waals surface area contributed by atoms with Gasteiger partial charge in [-0.15, -0.1) is 0 Å². The lowest BCUT2D eigenvalue weighted by Gasteiger charge is -2.13. The molecule has 1 atom stereocenters. The first-order chi connectivity index (χ1) is 11.5. The number of hydrogen-bond donors (Lipinski definition) is 1. The molecule has 0 aliphatic heterocycles. The molecule has 0 radical (unpaired) electrons. The number of amides is 1. The van der Waals surface area contributed by atoms with Gasteiger partial charge < -0.3 is 5.32 Å². The van der Waals surface area contributed by atoms with E-state index in [1.807, 2.05) is 16.9 Å². The monoisotopic (exact) mass is 342 g/mol. The van der Waals surface area contributed by atoms with Crippen LogP contribution in [-0.4, -0.2) is 33.5 Å². The van der Waals surface area contributed by atoms with Crippen LogP contribution < -0.4 is 5.32 Å². The van der Waals surface area contributed by atoms with E-state index in [4.69, 9.17) is 0 Å². The number of ketones is 1. The van der Waals surface area contributed by atoms with Crippen molar-refractivity contribution >= 4 is 23.5 Å². The number of benzene rings is 1. The Labute approximate surface area is 144 Å². The van der Waals surface area contributed by atoms with Gasteiger partial charge in [-0.1, -0.05) is 23.9 Å². The van der Waals surface area contributed by atoms with Gasteiger partial charge >= 0.3 is 0 Å².